The largest absolute Gasteiger partial charge is 0.431 e. The van der Waals surface area contributed by atoms with Gasteiger partial charge in [0.15, 0.2) is 0 Å². The Bertz CT molecular complexity index is 814. The molecule has 5 heteroatoms. The highest BCUT2D eigenvalue weighted by Crippen LogP contribution is 2.31. The van der Waals surface area contributed by atoms with Gasteiger partial charge in [-0.15, -0.1) is 0 Å². The molecule has 1 saturated carbocycles. The summed E-state index contributed by atoms with van der Waals surface area (Å²) < 4.78 is 7.03. The first-order chi connectivity index (χ1) is 12.8. The lowest BCUT2D eigenvalue weighted by Crippen LogP contribution is -2.42. The summed E-state index contributed by atoms with van der Waals surface area (Å²) >= 11 is 1.56. The third-order valence-electron chi connectivity index (χ3n) is 4.95. The number of nitrogens with one attached hydrogen (secondary N) is 1. The molecule has 136 valence electrons. The van der Waals surface area contributed by atoms with Gasteiger partial charge in [-0.1, -0.05) is 48.4 Å². The molecule has 2 aromatic carbocycles. The molecule has 26 heavy (non-hydrogen) atoms. The van der Waals surface area contributed by atoms with E-state index < -0.39 is 0 Å². The van der Waals surface area contributed by atoms with Crippen LogP contribution < -0.4 is 10.1 Å². The maximum absolute atomic E-state index is 10.0. The van der Waals surface area contributed by atoms with Crippen LogP contribution in [0.5, 0.6) is 10.9 Å². The third kappa shape index (κ3) is 4.23. The van der Waals surface area contributed by atoms with Gasteiger partial charge >= 0.3 is 0 Å². The minimum absolute atomic E-state index is 0.187. The number of ether oxygens (including phenoxy) is 1. The number of aliphatic hydroxyl groups excluding tert-OH is 1. The van der Waals surface area contributed by atoms with Crippen molar-refractivity contribution in [3.63, 3.8) is 0 Å². The molecule has 4 nitrogen and oxygen atoms in total. The van der Waals surface area contributed by atoms with Gasteiger partial charge in [0.05, 0.1) is 16.3 Å². The number of nitrogens with zero attached hydrogens (tertiary/aromatic N) is 1. The van der Waals surface area contributed by atoms with E-state index >= 15 is 0 Å². The number of thiazole rings is 1. The molecule has 0 unspecified atom stereocenters. The Morgan fingerprint density at radius 1 is 1.08 bits per heavy atom. The van der Waals surface area contributed by atoms with Gasteiger partial charge in [0.25, 0.3) is 5.19 Å². The van der Waals surface area contributed by atoms with Crippen LogP contribution in [-0.4, -0.2) is 28.8 Å². The zero-order valence-corrected chi connectivity index (χ0v) is 15.5. The van der Waals surface area contributed by atoms with Crippen molar-refractivity contribution in [1.29, 1.82) is 0 Å². The normalized spacial score (nSPS) is 20.3. The van der Waals surface area contributed by atoms with Crippen molar-refractivity contribution < 1.29 is 9.84 Å². The summed E-state index contributed by atoms with van der Waals surface area (Å²) in [6.45, 7) is 0.889. The number of aromatic nitrogens is 1. The lowest BCUT2D eigenvalue weighted by atomic mass is 9.92. The van der Waals surface area contributed by atoms with Crippen LogP contribution in [0.2, 0.25) is 0 Å². The van der Waals surface area contributed by atoms with E-state index in [0.29, 0.717) is 5.19 Å². The van der Waals surface area contributed by atoms with Crippen LogP contribution in [0.4, 0.5) is 0 Å². The lowest BCUT2D eigenvalue weighted by Gasteiger charge is -2.28. The Hall–Kier alpha value is -1.95. The molecule has 4 rings (SSSR count). The second-order valence-corrected chi connectivity index (χ2v) is 7.85. The maximum Gasteiger partial charge on any atom is 0.279 e. The SMILES string of the molecule is O[C@@H]1CCCC[C@H]1NCCc1ccc(Oc2nc3ccccc3s2)cc1. The first-order valence-electron chi connectivity index (χ1n) is 9.32. The van der Waals surface area contributed by atoms with Crippen LogP contribution in [0.1, 0.15) is 31.2 Å². The first kappa shape index (κ1) is 17.5. The Kier molecular flexibility index (Phi) is 5.48. The molecule has 1 heterocycles. The lowest BCUT2D eigenvalue weighted by molar-refractivity contribution is 0.0914. The number of hydrogen-bond acceptors (Lipinski definition) is 5. The Balaban J connectivity index is 1.30. The molecular formula is C21H24N2O2S. The number of fused-ring (bicyclic) bond motifs is 1. The molecule has 1 aliphatic carbocycles. The second kappa shape index (κ2) is 8.16. The van der Waals surface area contributed by atoms with Crippen LogP contribution in [0, 0.1) is 0 Å². The van der Waals surface area contributed by atoms with E-state index in [2.05, 4.69) is 28.5 Å². The standard InChI is InChI=1S/C21H24N2O2S/c24-19-7-3-1-5-17(19)22-14-13-15-9-11-16(12-10-15)25-21-23-18-6-2-4-8-20(18)26-21/h2,4,6,8-12,17,19,22,24H,1,3,5,7,13-14H2/t17-,19-/m1/s1. The Labute approximate surface area is 157 Å². The summed E-state index contributed by atoms with van der Waals surface area (Å²) in [5.74, 6) is 0.809. The monoisotopic (exact) mass is 368 g/mol. The van der Waals surface area contributed by atoms with Gasteiger partial charge in [-0.25, -0.2) is 4.98 Å². The highest BCUT2D eigenvalue weighted by atomic mass is 32.1. The summed E-state index contributed by atoms with van der Waals surface area (Å²) in [7, 11) is 0. The fourth-order valence-electron chi connectivity index (χ4n) is 3.47. The summed E-state index contributed by atoms with van der Waals surface area (Å²) in [5.41, 5.74) is 2.24. The molecule has 0 bridgehead atoms. The quantitative estimate of drug-likeness (QED) is 0.671. The van der Waals surface area contributed by atoms with Crippen LogP contribution in [-0.2, 0) is 6.42 Å². The summed E-state index contributed by atoms with van der Waals surface area (Å²) in [6.07, 6.45) is 5.13. The number of benzene rings is 2. The molecule has 1 aromatic heterocycles. The number of hydrogen-bond donors (Lipinski definition) is 2. The van der Waals surface area contributed by atoms with Crippen molar-refractivity contribution in [2.45, 2.75) is 44.2 Å². The van der Waals surface area contributed by atoms with Crippen molar-refractivity contribution >= 4 is 21.6 Å². The average Bonchev–Trinajstić information content (AvgIpc) is 3.07. The van der Waals surface area contributed by atoms with Gasteiger partial charge in [-0.3, -0.25) is 0 Å². The van der Waals surface area contributed by atoms with E-state index in [0.717, 1.165) is 48.2 Å². The number of para-hydroxylation sites is 1. The molecule has 3 aromatic rings. The van der Waals surface area contributed by atoms with E-state index in [9.17, 15) is 5.11 Å². The molecule has 1 fully saturated rings. The topological polar surface area (TPSA) is 54.4 Å². The van der Waals surface area contributed by atoms with Crippen LogP contribution in [0.3, 0.4) is 0 Å². The van der Waals surface area contributed by atoms with Gasteiger partial charge in [-0.05, 0) is 55.6 Å². The zero-order chi connectivity index (χ0) is 17.8. The second-order valence-electron chi connectivity index (χ2n) is 6.86. The van der Waals surface area contributed by atoms with Crippen molar-refractivity contribution in [3.8, 4) is 10.9 Å². The minimum atomic E-state index is -0.187. The van der Waals surface area contributed by atoms with Crippen LogP contribution in [0.15, 0.2) is 48.5 Å². The van der Waals surface area contributed by atoms with Crippen molar-refractivity contribution in [2.75, 3.05) is 6.54 Å². The molecule has 0 amide bonds. The highest BCUT2D eigenvalue weighted by Gasteiger charge is 2.21. The van der Waals surface area contributed by atoms with E-state index in [4.69, 9.17) is 4.74 Å². The Morgan fingerprint density at radius 2 is 1.88 bits per heavy atom. The molecule has 0 radical (unpaired) electrons. The van der Waals surface area contributed by atoms with Crippen molar-refractivity contribution in [1.82, 2.24) is 10.3 Å². The van der Waals surface area contributed by atoms with Crippen LogP contribution >= 0.6 is 11.3 Å². The number of aliphatic hydroxyl groups is 1. The Morgan fingerprint density at radius 3 is 2.69 bits per heavy atom. The summed E-state index contributed by atoms with van der Waals surface area (Å²) in [6, 6.07) is 16.5. The first-order valence-corrected chi connectivity index (χ1v) is 10.1. The molecule has 2 atom stereocenters. The molecule has 1 aliphatic rings. The van der Waals surface area contributed by atoms with E-state index in [1.54, 1.807) is 11.3 Å². The zero-order valence-electron chi connectivity index (χ0n) is 14.7. The third-order valence-corrected chi connectivity index (χ3v) is 5.87. The molecule has 0 saturated heterocycles. The highest BCUT2D eigenvalue weighted by molar-refractivity contribution is 7.20. The molecule has 2 N–H and O–H groups in total. The van der Waals surface area contributed by atoms with E-state index in [1.165, 1.54) is 12.0 Å². The molecule has 0 spiro atoms. The fourth-order valence-corrected chi connectivity index (χ4v) is 4.31. The van der Waals surface area contributed by atoms with Crippen molar-refractivity contribution in [2.24, 2.45) is 0 Å². The fraction of sp³-hybridized carbons (Fsp3) is 0.381. The van der Waals surface area contributed by atoms with Gasteiger partial charge in [0, 0.05) is 6.04 Å². The van der Waals surface area contributed by atoms with E-state index in [-0.39, 0.29) is 12.1 Å². The van der Waals surface area contributed by atoms with Gasteiger partial charge < -0.3 is 15.2 Å². The smallest absolute Gasteiger partial charge is 0.279 e. The van der Waals surface area contributed by atoms with Gasteiger partial charge in [-0.2, -0.15) is 0 Å². The predicted octanol–water partition coefficient (Wildman–Crippen LogP) is 4.52. The van der Waals surface area contributed by atoms with Crippen molar-refractivity contribution in [3.05, 3.63) is 54.1 Å². The summed E-state index contributed by atoms with van der Waals surface area (Å²) in [5, 5.41) is 14.2. The maximum atomic E-state index is 10.0. The number of rotatable bonds is 6. The predicted molar refractivity (Wildman–Crippen MR) is 106 cm³/mol. The minimum Gasteiger partial charge on any atom is -0.431 e. The average molecular weight is 369 g/mol. The summed E-state index contributed by atoms with van der Waals surface area (Å²) in [4.78, 5) is 4.50. The van der Waals surface area contributed by atoms with E-state index in [1.807, 2.05) is 30.3 Å². The van der Waals surface area contributed by atoms with Gasteiger partial charge in [0.2, 0.25) is 0 Å². The van der Waals surface area contributed by atoms with Gasteiger partial charge in [0.1, 0.15) is 5.75 Å². The molecule has 0 aliphatic heterocycles. The van der Waals surface area contributed by atoms with Crippen LogP contribution in [0.25, 0.3) is 10.2 Å². The molecular weight excluding hydrogens is 344 g/mol.